The van der Waals surface area contributed by atoms with Gasteiger partial charge in [0.05, 0.1) is 12.0 Å². The molecule has 2 unspecified atom stereocenters. The lowest BCUT2D eigenvalue weighted by Gasteiger charge is -2.16. The molecule has 0 spiro atoms. The Morgan fingerprint density at radius 3 is 3.00 bits per heavy atom. The van der Waals surface area contributed by atoms with Gasteiger partial charge in [0, 0.05) is 11.1 Å². The minimum Gasteiger partial charge on any atom is -0.481 e. The van der Waals surface area contributed by atoms with Crippen LogP contribution in [0.4, 0.5) is 4.39 Å². The van der Waals surface area contributed by atoms with Crippen molar-refractivity contribution in [2.75, 3.05) is 6.61 Å². The molecule has 0 aliphatic carbocycles. The minimum atomic E-state index is -0.904. The number of halogens is 2. The van der Waals surface area contributed by atoms with E-state index in [2.05, 4.69) is 15.9 Å². The monoisotopic (exact) mass is 288 g/mol. The van der Waals surface area contributed by atoms with Crippen LogP contribution in [0.1, 0.15) is 18.1 Å². The number of aliphatic carboxylic acids is 1. The second-order valence-corrected chi connectivity index (χ2v) is 4.54. The Balaban J connectivity index is 2.35. The molecule has 1 aliphatic heterocycles. The smallest absolute Gasteiger partial charge is 0.309 e. The van der Waals surface area contributed by atoms with Crippen molar-refractivity contribution in [3.63, 3.8) is 0 Å². The highest BCUT2D eigenvalue weighted by Crippen LogP contribution is 2.38. The summed E-state index contributed by atoms with van der Waals surface area (Å²) >= 11 is 3.28. The molecule has 3 nitrogen and oxygen atoms in total. The molecule has 2 rings (SSSR count). The van der Waals surface area contributed by atoms with Gasteiger partial charge in [-0.1, -0.05) is 15.9 Å². The van der Waals surface area contributed by atoms with Crippen molar-refractivity contribution in [1.82, 2.24) is 0 Å². The number of hydrogen-bond acceptors (Lipinski definition) is 2. The number of ether oxygens (including phenoxy) is 1. The molecule has 1 fully saturated rings. The Morgan fingerprint density at radius 2 is 2.31 bits per heavy atom. The standard InChI is InChI=1S/C11H10BrFO3/c12-9-2-1-6(13)5-8(9)10-7(11(14)15)3-4-16-10/h1-2,5,7,10H,3-4H2,(H,14,15). The van der Waals surface area contributed by atoms with E-state index in [-0.39, 0.29) is 0 Å². The van der Waals surface area contributed by atoms with Gasteiger partial charge in [-0.2, -0.15) is 0 Å². The van der Waals surface area contributed by atoms with E-state index in [9.17, 15) is 9.18 Å². The zero-order chi connectivity index (χ0) is 11.7. The summed E-state index contributed by atoms with van der Waals surface area (Å²) in [6.45, 7) is 0.393. The van der Waals surface area contributed by atoms with Gasteiger partial charge in [-0.05, 0) is 30.2 Å². The fourth-order valence-electron chi connectivity index (χ4n) is 1.88. The third-order valence-corrected chi connectivity index (χ3v) is 3.40. The van der Waals surface area contributed by atoms with Gasteiger partial charge in [-0.15, -0.1) is 0 Å². The van der Waals surface area contributed by atoms with Crippen LogP contribution in [0.15, 0.2) is 22.7 Å². The molecule has 1 aliphatic rings. The van der Waals surface area contributed by atoms with Gasteiger partial charge >= 0.3 is 5.97 Å². The van der Waals surface area contributed by atoms with Crippen molar-refractivity contribution in [1.29, 1.82) is 0 Å². The first-order valence-electron chi connectivity index (χ1n) is 4.89. The van der Waals surface area contributed by atoms with Crippen LogP contribution in [0.3, 0.4) is 0 Å². The average Bonchev–Trinajstić information content (AvgIpc) is 2.70. The molecule has 5 heteroatoms. The van der Waals surface area contributed by atoms with Crippen LogP contribution in [-0.4, -0.2) is 17.7 Å². The van der Waals surface area contributed by atoms with Crippen molar-refractivity contribution < 1.29 is 19.0 Å². The van der Waals surface area contributed by atoms with Gasteiger partial charge in [0.25, 0.3) is 0 Å². The molecule has 1 aromatic carbocycles. The Hall–Kier alpha value is -0.940. The normalized spacial score (nSPS) is 24.6. The van der Waals surface area contributed by atoms with Gasteiger partial charge in [-0.3, -0.25) is 4.79 Å². The van der Waals surface area contributed by atoms with Crippen LogP contribution in [0.25, 0.3) is 0 Å². The number of hydrogen-bond donors (Lipinski definition) is 1. The highest BCUT2D eigenvalue weighted by Gasteiger charge is 2.36. The molecule has 0 aromatic heterocycles. The van der Waals surface area contributed by atoms with Crippen molar-refractivity contribution in [3.05, 3.63) is 34.1 Å². The maximum Gasteiger partial charge on any atom is 0.309 e. The number of benzene rings is 1. The van der Waals surface area contributed by atoms with Crippen LogP contribution in [-0.2, 0) is 9.53 Å². The van der Waals surface area contributed by atoms with Crippen LogP contribution in [0.5, 0.6) is 0 Å². The molecule has 16 heavy (non-hydrogen) atoms. The largest absolute Gasteiger partial charge is 0.481 e. The van der Waals surface area contributed by atoms with E-state index in [1.165, 1.54) is 12.1 Å². The Morgan fingerprint density at radius 1 is 1.56 bits per heavy atom. The molecule has 0 amide bonds. The number of rotatable bonds is 2. The fourth-order valence-corrected chi connectivity index (χ4v) is 2.35. The van der Waals surface area contributed by atoms with E-state index < -0.39 is 23.8 Å². The Kier molecular flexibility index (Phi) is 3.25. The summed E-state index contributed by atoms with van der Waals surface area (Å²) in [6, 6.07) is 4.19. The van der Waals surface area contributed by atoms with E-state index in [0.29, 0.717) is 23.1 Å². The summed E-state index contributed by atoms with van der Waals surface area (Å²) in [5.41, 5.74) is 0.560. The maximum atomic E-state index is 13.1. The minimum absolute atomic E-state index is 0.391. The first kappa shape index (κ1) is 11.5. The molecule has 1 N–H and O–H groups in total. The van der Waals surface area contributed by atoms with E-state index in [1.807, 2.05) is 0 Å². The molecule has 0 bridgehead atoms. The third-order valence-electron chi connectivity index (χ3n) is 2.67. The lowest BCUT2D eigenvalue weighted by atomic mass is 9.95. The number of carbonyl (C=O) groups is 1. The highest BCUT2D eigenvalue weighted by molar-refractivity contribution is 9.10. The average molecular weight is 289 g/mol. The highest BCUT2D eigenvalue weighted by atomic mass is 79.9. The maximum absolute atomic E-state index is 13.1. The first-order valence-corrected chi connectivity index (χ1v) is 5.68. The lowest BCUT2D eigenvalue weighted by molar-refractivity contribution is -0.143. The SMILES string of the molecule is O=C(O)C1CCOC1c1cc(F)ccc1Br. The first-order chi connectivity index (χ1) is 7.59. The van der Waals surface area contributed by atoms with Crippen molar-refractivity contribution in [3.8, 4) is 0 Å². The van der Waals surface area contributed by atoms with Gasteiger partial charge in [0.1, 0.15) is 5.82 Å². The van der Waals surface area contributed by atoms with E-state index in [0.717, 1.165) is 0 Å². The van der Waals surface area contributed by atoms with Gasteiger partial charge < -0.3 is 9.84 Å². The molecule has 0 radical (unpaired) electrons. The molecule has 1 aromatic rings. The van der Waals surface area contributed by atoms with E-state index in [4.69, 9.17) is 9.84 Å². The predicted molar refractivity (Wildman–Crippen MR) is 58.5 cm³/mol. The summed E-state index contributed by atoms with van der Waals surface area (Å²) in [7, 11) is 0. The fraction of sp³-hybridized carbons (Fsp3) is 0.364. The molecule has 1 saturated heterocycles. The zero-order valence-electron chi connectivity index (χ0n) is 8.32. The van der Waals surface area contributed by atoms with Gasteiger partial charge in [0.15, 0.2) is 0 Å². The molecular formula is C11H10BrFO3. The second kappa shape index (κ2) is 4.51. The van der Waals surface area contributed by atoms with Crippen LogP contribution >= 0.6 is 15.9 Å². The van der Waals surface area contributed by atoms with Gasteiger partial charge in [0.2, 0.25) is 0 Å². The Labute approximate surface area is 100 Å². The van der Waals surface area contributed by atoms with Crippen molar-refractivity contribution >= 4 is 21.9 Å². The summed E-state index contributed by atoms with van der Waals surface area (Å²) < 4.78 is 19.1. The summed E-state index contributed by atoms with van der Waals surface area (Å²) in [6.07, 6.45) is -0.106. The Bertz CT molecular complexity index is 422. The molecular weight excluding hydrogens is 279 g/mol. The molecule has 86 valence electrons. The van der Waals surface area contributed by atoms with Gasteiger partial charge in [-0.25, -0.2) is 4.39 Å². The lowest BCUT2D eigenvalue weighted by Crippen LogP contribution is -2.18. The van der Waals surface area contributed by atoms with Crippen LogP contribution in [0.2, 0.25) is 0 Å². The summed E-state index contributed by atoms with van der Waals surface area (Å²) in [5, 5.41) is 9.02. The summed E-state index contributed by atoms with van der Waals surface area (Å²) in [5.74, 6) is -1.89. The third kappa shape index (κ3) is 2.10. The van der Waals surface area contributed by atoms with Crippen LogP contribution < -0.4 is 0 Å². The second-order valence-electron chi connectivity index (χ2n) is 3.69. The molecule has 1 heterocycles. The number of carboxylic acids is 1. The van der Waals surface area contributed by atoms with Crippen LogP contribution in [0, 0.1) is 11.7 Å². The summed E-state index contributed by atoms with van der Waals surface area (Å²) in [4.78, 5) is 11.0. The predicted octanol–water partition coefficient (Wildman–Crippen LogP) is 2.75. The van der Waals surface area contributed by atoms with E-state index >= 15 is 0 Å². The van der Waals surface area contributed by atoms with E-state index in [1.54, 1.807) is 6.07 Å². The topological polar surface area (TPSA) is 46.5 Å². The molecule has 0 saturated carbocycles. The quantitative estimate of drug-likeness (QED) is 0.910. The van der Waals surface area contributed by atoms with Crippen molar-refractivity contribution in [2.45, 2.75) is 12.5 Å². The van der Waals surface area contributed by atoms with Crippen molar-refractivity contribution in [2.24, 2.45) is 5.92 Å². The zero-order valence-corrected chi connectivity index (χ0v) is 9.91. The number of carboxylic acid groups (broad SMARTS) is 1. The molecule has 2 atom stereocenters.